The van der Waals surface area contributed by atoms with Gasteiger partial charge in [-0.3, -0.25) is 4.57 Å². The maximum atomic E-state index is 13.3. The van der Waals surface area contributed by atoms with Gasteiger partial charge in [-0.1, -0.05) is 17.7 Å². The zero-order chi connectivity index (χ0) is 14.3. The highest BCUT2D eigenvalue weighted by Gasteiger charge is 2.15. The molecule has 102 valence electrons. The van der Waals surface area contributed by atoms with E-state index in [-0.39, 0.29) is 11.7 Å². The molecule has 20 heavy (non-hydrogen) atoms. The Kier molecular flexibility index (Phi) is 3.40. The minimum atomic E-state index is -0.263. The monoisotopic (exact) mass is 308 g/mol. The minimum Gasteiger partial charge on any atom is -0.295 e. The molecule has 0 unspecified atom stereocenters. The Morgan fingerprint density at radius 3 is 2.75 bits per heavy atom. The Morgan fingerprint density at radius 2 is 2.05 bits per heavy atom. The molecule has 1 heterocycles. The number of hydrogen-bond donors (Lipinski definition) is 0. The molecule has 0 aliphatic heterocycles. The van der Waals surface area contributed by atoms with Gasteiger partial charge in [0.1, 0.15) is 17.2 Å². The summed E-state index contributed by atoms with van der Waals surface area (Å²) in [5, 5.41) is 0.576. The first-order valence-electron chi connectivity index (χ1n) is 6.10. The molecule has 0 radical (unpaired) electrons. The van der Waals surface area contributed by atoms with Gasteiger partial charge >= 0.3 is 0 Å². The van der Waals surface area contributed by atoms with E-state index in [2.05, 4.69) is 4.98 Å². The van der Waals surface area contributed by atoms with Gasteiger partial charge in [0.2, 0.25) is 0 Å². The van der Waals surface area contributed by atoms with Gasteiger partial charge in [0, 0.05) is 0 Å². The van der Waals surface area contributed by atoms with Crippen LogP contribution in [0.3, 0.4) is 0 Å². The number of alkyl halides is 1. The van der Waals surface area contributed by atoms with E-state index in [0.29, 0.717) is 16.4 Å². The number of imidazole rings is 1. The Labute approximate surface area is 125 Å². The van der Waals surface area contributed by atoms with Crippen molar-refractivity contribution in [3.8, 4) is 5.69 Å². The number of nitrogens with zero attached hydrogens (tertiary/aromatic N) is 2. The lowest BCUT2D eigenvalue weighted by Gasteiger charge is -2.11. The van der Waals surface area contributed by atoms with Crippen LogP contribution >= 0.6 is 23.2 Å². The smallest absolute Gasteiger partial charge is 0.129 e. The Hall–Kier alpha value is -1.58. The number of fused-ring (bicyclic) bond motifs is 1. The molecular weight excluding hydrogens is 298 g/mol. The fraction of sp³-hybridized carbons (Fsp3) is 0.133. The van der Waals surface area contributed by atoms with E-state index in [0.717, 1.165) is 16.8 Å². The first kappa shape index (κ1) is 13.4. The predicted octanol–water partition coefficient (Wildman–Crippen LogP) is 4.87. The van der Waals surface area contributed by atoms with E-state index in [1.54, 1.807) is 12.1 Å². The normalized spacial score (nSPS) is 11.2. The van der Waals surface area contributed by atoms with Crippen molar-refractivity contribution in [2.75, 3.05) is 0 Å². The van der Waals surface area contributed by atoms with Crippen molar-refractivity contribution in [3.05, 3.63) is 58.6 Å². The fourth-order valence-corrected chi connectivity index (χ4v) is 2.73. The van der Waals surface area contributed by atoms with Gasteiger partial charge in [-0.2, -0.15) is 0 Å². The van der Waals surface area contributed by atoms with Crippen LogP contribution in [0.1, 0.15) is 11.4 Å². The van der Waals surface area contributed by atoms with E-state index in [4.69, 9.17) is 23.2 Å². The highest BCUT2D eigenvalue weighted by Crippen LogP contribution is 2.29. The largest absolute Gasteiger partial charge is 0.295 e. The highest BCUT2D eigenvalue weighted by atomic mass is 35.5. The molecule has 0 aliphatic carbocycles. The van der Waals surface area contributed by atoms with Crippen molar-refractivity contribution in [1.29, 1.82) is 0 Å². The maximum absolute atomic E-state index is 13.3. The predicted molar refractivity (Wildman–Crippen MR) is 80.3 cm³/mol. The topological polar surface area (TPSA) is 17.8 Å². The lowest BCUT2D eigenvalue weighted by molar-refractivity contribution is 0.626. The molecule has 2 nitrogen and oxygen atoms in total. The van der Waals surface area contributed by atoms with Gasteiger partial charge in [-0.05, 0) is 42.8 Å². The zero-order valence-electron chi connectivity index (χ0n) is 10.7. The van der Waals surface area contributed by atoms with Gasteiger partial charge in [-0.15, -0.1) is 11.6 Å². The number of aromatic nitrogens is 2. The van der Waals surface area contributed by atoms with Crippen LogP contribution in [-0.2, 0) is 5.88 Å². The number of rotatable bonds is 2. The average Bonchev–Trinajstić information content (AvgIpc) is 2.79. The van der Waals surface area contributed by atoms with Crippen LogP contribution in [0.15, 0.2) is 36.4 Å². The van der Waals surface area contributed by atoms with Crippen molar-refractivity contribution >= 4 is 34.2 Å². The number of halogens is 3. The van der Waals surface area contributed by atoms with Crippen molar-refractivity contribution < 1.29 is 4.39 Å². The van der Waals surface area contributed by atoms with Gasteiger partial charge in [0.25, 0.3) is 0 Å². The summed E-state index contributed by atoms with van der Waals surface area (Å²) in [5.41, 5.74) is 3.24. The van der Waals surface area contributed by atoms with E-state index in [9.17, 15) is 4.39 Å². The molecule has 0 fully saturated rings. The second kappa shape index (κ2) is 5.08. The highest BCUT2D eigenvalue weighted by molar-refractivity contribution is 6.35. The number of hydrogen-bond acceptors (Lipinski definition) is 1. The van der Waals surface area contributed by atoms with Crippen LogP contribution < -0.4 is 0 Å². The lowest BCUT2D eigenvalue weighted by atomic mass is 10.2. The maximum Gasteiger partial charge on any atom is 0.129 e. The van der Waals surface area contributed by atoms with E-state index < -0.39 is 0 Å². The van der Waals surface area contributed by atoms with Crippen LogP contribution in [0.25, 0.3) is 16.7 Å². The molecule has 3 aromatic rings. The molecule has 2 aromatic carbocycles. The molecule has 0 bridgehead atoms. The minimum absolute atomic E-state index is 0.252. The molecule has 5 heteroatoms. The third-order valence-corrected chi connectivity index (χ3v) is 3.77. The molecule has 0 atom stereocenters. The summed E-state index contributed by atoms with van der Waals surface area (Å²) in [6.45, 7) is 1.85. The Balaban J connectivity index is 2.37. The first-order chi connectivity index (χ1) is 9.61. The standard InChI is InChI=1S/C15H11Cl2FN2/c1-9-7-10(18)5-6-12(9)20-13-4-2-3-11(17)15(13)19-14(20)8-16/h2-7H,8H2,1H3. The summed E-state index contributed by atoms with van der Waals surface area (Å²) in [7, 11) is 0. The first-order valence-corrected chi connectivity index (χ1v) is 7.01. The Morgan fingerprint density at radius 1 is 1.25 bits per heavy atom. The molecule has 0 N–H and O–H groups in total. The van der Waals surface area contributed by atoms with Crippen LogP contribution in [0.2, 0.25) is 5.02 Å². The zero-order valence-corrected chi connectivity index (χ0v) is 12.2. The molecule has 0 spiro atoms. The van der Waals surface area contributed by atoms with Crippen molar-refractivity contribution in [3.63, 3.8) is 0 Å². The van der Waals surface area contributed by atoms with Gasteiger partial charge < -0.3 is 0 Å². The van der Waals surface area contributed by atoms with Crippen molar-refractivity contribution in [2.24, 2.45) is 0 Å². The van der Waals surface area contributed by atoms with Crippen LogP contribution in [0.5, 0.6) is 0 Å². The summed E-state index contributed by atoms with van der Waals surface area (Å²) in [6.07, 6.45) is 0. The molecule has 0 saturated heterocycles. The molecule has 0 amide bonds. The molecule has 1 aromatic heterocycles. The third-order valence-electron chi connectivity index (χ3n) is 3.22. The van der Waals surface area contributed by atoms with E-state index >= 15 is 0 Å². The number of benzene rings is 2. The SMILES string of the molecule is Cc1cc(F)ccc1-n1c(CCl)nc2c(Cl)cccc21. The Bertz CT molecular complexity index is 796. The fourth-order valence-electron chi connectivity index (χ4n) is 2.34. The van der Waals surface area contributed by atoms with E-state index in [1.807, 2.05) is 23.6 Å². The molecule has 0 aliphatic rings. The van der Waals surface area contributed by atoms with Gasteiger partial charge in [0.15, 0.2) is 0 Å². The van der Waals surface area contributed by atoms with Crippen LogP contribution in [-0.4, -0.2) is 9.55 Å². The van der Waals surface area contributed by atoms with Gasteiger partial charge in [-0.25, -0.2) is 9.37 Å². The summed E-state index contributed by atoms with van der Waals surface area (Å²) >= 11 is 12.2. The summed E-state index contributed by atoms with van der Waals surface area (Å²) in [6, 6.07) is 10.2. The average molecular weight is 309 g/mol. The van der Waals surface area contributed by atoms with Crippen LogP contribution in [0, 0.1) is 12.7 Å². The summed E-state index contributed by atoms with van der Waals surface area (Å²) < 4.78 is 15.2. The summed E-state index contributed by atoms with van der Waals surface area (Å²) in [4.78, 5) is 4.48. The third kappa shape index (κ3) is 2.07. The number of aryl methyl sites for hydroxylation is 1. The lowest BCUT2D eigenvalue weighted by Crippen LogP contribution is -2.01. The summed E-state index contributed by atoms with van der Waals surface area (Å²) in [5.74, 6) is 0.674. The molecular formula is C15H11Cl2FN2. The quantitative estimate of drug-likeness (QED) is 0.618. The second-order valence-electron chi connectivity index (χ2n) is 4.54. The van der Waals surface area contributed by atoms with Crippen molar-refractivity contribution in [1.82, 2.24) is 9.55 Å². The van der Waals surface area contributed by atoms with Gasteiger partial charge in [0.05, 0.1) is 22.1 Å². The number of para-hydroxylation sites is 1. The van der Waals surface area contributed by atoms with Crippen molar-refractivity contribution in [2.45, 2.75) is 12.8 Å². The molecule has 0 saturated carbocycles. The molecule has 3 rings (SSSR count). The van der Waals surface area contributed by atoms with Crippen LogP contribution in [0.4, 0.5) is 4.39 Å². The van der Waals surface area contributed by atoms with E-state index in [1.165, 1.54) is 12.1 Å². The second-order valence-corrected chi connectivity index (χ2v) is 5.21.